The summed E-state index contributed by atoms with van der Waals surface area (Å²) in [5.41, 5.74) is 1.90. The highest BCUT2D eigenvalue weighted by atomic mass is 35.5. The summed E-state index contributed by atoms with van der Waals surface area (Å²) in [5.74, 6) is 2.42. The summed E-state index contributed by atoms with van der Waals surface area (Å²) in [4.78, 5) is 12.3. The molecule has 1 amide bonds. The highest BCUT2D eigenvalue weighted by Gasteiger charge is 2.39. The number of aryl methyl sites for hydroxylation is 1. The number of rotatable bonds is 6. The minimum atomic E-state index is -0.150. The van der Waals surface area contributed by atoms with Gasteiger partial charge in [0.05, 0.1) is 0 Å². The van der Waals surface area contributed by atoms with Crippen molar-refractivity contribution in [2.45, 2.75) is 38.1 Å². The van der Waals surface area contributed by atoms with E-state index in [1.807, 2.05) is 18.2 Å². The number of benzene rings is 1. The minimum absolute atomic E-state index is 0. The van der Waals surface area contributed by atoms with E-state index >= 15 is 0 Å². The van der Waals surface area contributed by atoms with Crippen molar-refractivity contribution in [2.24, 2.45) is 5.92 Å². The molecule has 1 heterocycles. The third-order valence-electron chi connectivity index (χ3n) is 4.60. The van der Waals surface area contributed by atoms with Gasteiger partial charge in [0.25, 0.3) is 5.91 Å². The van der Waals surface area contributed by atoms with E-state index in [1.165, 1.54) is 24.8 Å². The lowest BCUT2D eigenvalue weighted by Gasteiger charge is -2.06. The first-order valence-corrected chi connectivity index (χ1v) is 8.27. The van der Waals surface area contributed by atoms with Gasteiger partial charge in [-0.05, 0) is 56.3 Å². The Morgan fingerprint density at radius 3 is 2.88 bits per heavy atom. The predicted molar refractivity (Wildman–Crippen MR) is 94.8 cm³/mol. The number of nitrogens with one attached hydrogen (secondary N) is 2. The Hall–Kier alpha value is -1.85. The lowest BCUT2D eigenvalue weighted by molar-refractivity contribution is 0.102. The van der Waals surface area contributed by atoms with Crippen LogP contribution in [0.4, 0.5) is 5.82 Å². The van der Waals surface area contributed by atoms with Crippen LogP contribution in [0.1, 0.15) is 46.9 Å². The van der Waals surface area contributed by atoms with Crippen molar-refractivity contribution in [1.82, 2.24) is 10.5 Å². The molecule has 0 aliphatic heterocycles. The van der Waals surface area contributed by atoms with Crippen LogP contribution >= 0.6 is 12.4 Å². The number of halogens is 1. The molecule has 5 nitrogen and oxygen atoms in total. The fourth-order valence-electron chi connectivity index (χ4n) is 2.95. The Morgan fingerprint density at radius 1 is 1.33 bits per heavy atom. The molecule has 1 aromatic heterocycles. The molecule has 0 spiro atoms. The average molecular weight is 348 g/mol. The maximum absolute atomic E-state index is 12.3. The zero-order chi connectivity index (χ0) is 15.8. The molecule has 6 heteroatoms. The van der Waals surface area contributed by atoms with E-state index in [1.54, 1.807) is 13.0 Å². The molecule has 0 radical (unpaired) electrons. The molecule has 2 unspecified atom stereocenters. The molecule has 2 atom stereocenters. The first kappa shape index (κ1) is 17.0. The Kier molecular flexibility index (Phi) is 4.92. The van der Waals surface area contributed by atoms with Gasteiger partial charge in [-0.15, -0.1) is 12.4 Å². The van der Waals surface area contributed by atoms with Gasteiger partial charge in [0, 0.05) is 23.6 Å². The Bertz CT molecular complexity index is 727. The van der Waals surface area contributed by atoms with Crippen LogP contribution in [0.2, 0.25) is 0 Å². The number of aromatic nitrogens is 1. The molecule has 0 saturated heterocycles. The molecule has 24 heavy (non-hydrogen) atoms. The van der Waals surface area contributed by atoms with E-state index in [4.69, 9.17) is 4.52 Å². The summed E-state index contributed by atoms with van der Waals surface area (Å²) in [6.07, 6.45) is 3.92. The van der Waals surface area contributed by atoms with E-state index in [-0.39, 0.29) is 18.3 Å². The second kappa shape index (κ2) is 6.95. The first-order valence-electron chi connectivity index (χ1n) is 8.27. The van der Waals surface area contributed by atoms with Crippen molar-refractivity contribution in [2.75, 3.05) is 11.9 Å². The van der Waals surface area contributed by atoms with Gasteiger partial charge in [-0.3, -0.25) is 4.79 Å². The smallest absolute Gasteiger partial charge is 0.256 e. The second-order valence-corrected chi connectivity index (χ2v) is 6.70. The number of carbonyl (C=O) groups excluding carboxylic acids is 1. The van der Waals surface area contributed by atoms with Crippen molar-refractivity contribution >= 4 is 24.1 Å². The van der Waals surface area contributed by atoms with Crippen LogP contribution in [0.25, 0.3) is 0 Å². The molecule has 2 fully saturated rings. The molecular formula is C18H22ClN3O2. The lowest BCUT2D eigenvalue weighted by Crippen LogP contribution is -2.20. The normalized spacial score (nSPS) is 21.9. The highest BCUT2D eigenvalue weighted by molar-refractivity contribution is 6.03. The van der Waals surface area contributed by atoms with Gasteiger partial charge in [0.1, 0.15) is 5.76 Å². The van der Waals surface area contributed by atoms with Crippen molar-refractivity contribution < 1.29 is 9.32 Å². The van der Waals surface area contributed by atoms with Crippen LogP contribution in [-0.2, 0) is 0 Å². The number of carbonyl (C=O) groups is 1. The Balaban J connectivity index is 0.00000169. The number of amides is 1. The van der Waals surface area contributed by atoms with E-state index < -0.39 is 0 Å². The zero-order valence-electron chi connectivity index (χ0n) is 13.6. The van der Waals surface area contributed by atoms with Gasteiger partial charge in [0.2, 0.25) is 0 Å². The third-order valence-corrected chi connectivity index (χ3v) is 4.60. The van der Waals surface area contributed by atoms with Gasteiger partial charge in [0.15, 0.2) is 5.82 Å². The summed E-state index contributed by atoms with van der Waals surface area (Å²) in [5, 5.41) is 10.2. The highest BCUT2D eigenvalue weighted by Crippen LogP contribution is 2.41. The van der Waals surface area contributed by atoms with Crippen molar-refractivity contribution in [1.29, 1.82) is 0 Å². The van der Waals surface area contributed by atoms with E-state index in [0.717, 1.165) is 12.5 Å². The molecule has 2 aliphatic rings. The summed E-state index contributed by atoms with van der Waals surface area (Å²) in [6, 6.07) is 10.2. The maximum Gasteiger partial charge on any atom is 0.256 e. The first-order chi connectivity index (χ1) is 11.2. The van der Waals surface area contributed by atoms with E-state index in [2.05, 4.69) is 21.9 Å². The maximum atomic E-state index is 12.3. The van der Waals surface area contributed by atoms with Crippen molar-refractivity contribution in [3.63, 3.8) is 0 Å². The molecule has 2 aromatic rings. The molecule has 4 rings (SSSR count). The van der Waals surface area contributed by atoms with Gasteiger partial charge in [-0.1, -0.05) is 17.3 Å². The quantitative estimate of drug-likeness (QED) is 0.839. The lowest BCUT2D eigenvalue weighted by atomic mass is 10.1. The molecule has 128 valence electrons. The fourth-order valence-corrected chi connectivity index (χ4v) is 2.95. The number of hydrogen-bond acceptors (Lipinski definition) is 4. The average Bonchev–Trinajstić information content (AvgIpc) is 3.45. The minimum Gasteiger partial charge on any atom is -0.360 e. The largest absolute Gasteiger partial charge is 0.360 e. The van der Waals surface area contributed by atoms with Gasteiger partial charge >= 0.3 is 0 Å². The van der Waals surface area contributed by atoms with Crippen LogP contribution in [0.3, 0.4) is 0 Å². The Morgan fingerprint density at radius 2 is 2.17 bits per heavy atom. The van der Waals surface area contributed by atoms with Crippen molar-refractivity contribution in [3.05, 3.63) is 47.2 Å². The van der Waals surface area contributed by atoms with Crippen LogP contribution < -0.4 is 10.6 Å². The standard InChI is InChI=1S/C18H21N3O2.ClH/c1-11-7-17(21-23-11)20-18(22)14-4-2-3-13(8-14)15-9-16(15)19-10-12-5-6-12;/h2-4,7-8,12,15-16,19H,5-6,9-10H2,1H3,(H,20,21,22);1H. The van der Waals surface area contributed by atoms with E-state index in [0.29, 0.717) is 29.1 Å². The van der Waals surface area contributed by atoms with Gasteiger partial charge in [-0.2, -0.15) is 0 Å². The SMILES string of the molecule is Cc1cc(NC(=O)c2cccc(C3CC3NCC3CC3)c2)no1.Cl. The Labute approximate surface area is 147 Å². The second-order valence-electron chi connectivity index (χ2n) is 6.70. The molecule has 2 aliphatic carbocycles. The van der Waals surface area contributed by atoms with Gasteiger partial charge in [-0.25, -0.2) is 0 Å². The van der Waals surface area contributed by atoms with Crippen LogP contribution in [0.5, 0.6) is 0 Å². The number of nitrogens with zero attached hydrogens (tertiary/aromatic N) is 1. The van der Waals surface area contributed by atoms with Gasteiger partial charge < -0.3 is 15.2 Å². The molecule has 2 N–H and O–H groups in total. The number of hydrogen-bond donors (Lipinski definition) is 2. The predicted octanol–water partition coefficient (Wildman–Crippen LogP) is 3.51. The van der Waals surface area contributed by atoms with Crippen LogP contribution in [0.15, 0.2) is 34.9 Å². The molecule has 0 bridgehead atoms. The number of anilines is 1. The summed E-state index contributed by atoms with van der Waals surface area (Å²) >= 11 is 0. The molecule has 1 aromatic carbocycles. The zero-order valence-corrected chi connectivity index (χ0v) is 14.4. The monoisotopic (exact) mass is 347 g/mol. The summed E-state index contributed by atoms with van der Waals surface area (Å²) in [6.45, 7) is 2.94. The van der Waals surface area contributed by atoms with E-state index in [9.17, 15) is 4.79 Å². The summed E-state index contributed by atoms with van der Waals surface area (Å²) in [7, 11) is 0. The summed E-state index contributed by atoms with van der Waals surface area (Å²) < 4.78 is 4.97. The third kappa shape index (κ3) is 3.97. The van der Waals surface area contributed by atoms with Crippen LogP contribution in [-0.4, -0.2) is 23.7 Å². The van der Waals surface area contributed by atoms with Crippen LogP contribution in [0, 0.1) is 12.8 Å². The fraction of sp³-hybridized carbons (Fsp3) is 0.444. The topological polar surface area (TPSA) is 67.2 Å². The molecular weight excluding hydrogens is 326 g/mol. The van der Waals surface area contributed by atoms with Crippen molar-refractivity contribution in [3.8, 4) is 0 Å². The molecule has 2 saturated carbocycles.